The molecule has 0 aliphatic heterocycles. The van der Waals surface area contributed by atoms with Crippen molar-refractivity contribution >= 4 is 0 Å². The molecule has 0 spiro atoms. The zero-order valence-corrected chi connectivity index (χ0v) is 12.1. The highest BCUT2D eigenvalue weighted by Crippen LogP contribution is 2.37. The number of nitrogens with zero attached hydrogens (tertiary/aromatic N) is 2. The lowest BCUT2D eigenvalue weighted by molar-refractivity contribution is 0.223. The van der Waals surface area contributed by atoms with Crippen LogP contribution in [0.1, 0.15) is 5.89 Å². The highest BCUT2D eigenvalue weighted by atomic mass is 16.5. The smallest absolute Gasteiger partial charge is 0.264 e. The summed E-state index contributed by atoms with van der Waals surface area (Å²) in [7, 11) is 3.12. The van der Waals surface area contributed by atoms with Gasteiger partial charge in [-0.1, -0.05) is 11.2 Å². The maximum Gasteiger partial charge on any atom is 0.264 e. The maximum atomic E-state index is 5.70. The standard InChI is InChI=1S/C15H14N2O5/c1-18-11-4-3-5-12(19-2)14(11)21-9-13-16-15(17-22-13)10-6-7-20-8-10/h3-8H,9H2,1-2H3. The molecule has 0 aliphatic carbocycles. The first-order valence-corrected chi connectivity index (χ1v) is 6.50. The molecule has 0 radical (unpaired) electrons. The monoisotopic (exact) mass is 302 g/mol. The molecular formula is C15H14N2O5. The minimum absolute atomic E-state index is 0.0988. The van der Waals surface area contributed by atoms with E-state index in [9.17, 15) is 0 Å². The van der Waals surface area contributed by atoms with Crippen LogP contribution in [0.5, 0.6) is 17.2 Å². The maximum absolute atomic E-state index is 5.70. The molecule has 0 bridgehead atoms. The largest absolute Gasteiger partial charge is 0.493 e. The molecule has 0 atom stereocenters. The number of benzene rings is 1. The normalized spacial score (nSPS) is 10.5. The number of para-hydroxylation sites is 1. The summed E-state index contributed by atoms with van der Waals surface area (Å²) in [6.07, 6.45) is 3.08. The molecule has 3 aromatic rings. The van der Waals surface area contributed by atoms with Gasteiger partial charge < -0.3 is 23.2 Å². The van der Waals surface area contributed by atoms with Crippen molar-refractivity contribution in [2.24, 2.45) is 0 Å². The predicted octanol–water partition coefficient (Wildman–Crippen LogP) is 2.93. The third-order valence-electron chi connectivity index (χ3n) is 2.97. The Kier molecular flexibility index (Phi) is 3.95. The summed E-state index contributed by atoms with van der Waals surface area (Å²) in [4.78, 5) is 4.23. The van der Waals surface area contributed by atoms with E-state index in [4.69, 9.17) is 23.2 Å². The van der Waals surface area contributed by atoms with Crippen molar-refractivity contribution in [1.29, 1.82) is 0 Å². The van der Waals surface area contributed by atoms with Crippen molar-refractivity contribution in [2.45, 2.75) is 6.61 Å². The first-order valence-electron chi connectivity index (χ1n) is 6.50. The van der Waals surface area contributed by atoms with Crippen molar-refractivity contribution in [2.75, 3.05) is 14.2 Å². The predicted molar refractivity (Wildman–Crippen MR) is 75.9 cm³/mol. The van der Waals surface area contributed by atoms with Crippen LogP contribution in [-0.4, -0.2) is 24.4 Å². The van der Waals surface area contributed by atoms with Crippen LogP contribution in [0.15, 0.2) is 45.7 Å². The van der Waals surface area contributed by atoms with Gasteiger partial charge in [-0.2, -0.15) is 4.98 Å². The Balaban J connectivity index is 1.76. The number of methoxy groups -OCH3 is 2. The molecule has 0 unspecified atom stereocenters. The van der Waals surface area contributed by atoms with E-state index in [2.05, 4.69) is 10.1 Å². The zero-order chi connectivity index (χ0) is 15.4. The van der Waals surface area contributed by atoms with Crippen LogP contribution in [0.25, 0.3) is 11.4 Å². The van der Waals surface area contributed by atoms with E-state index in [0.717, 1.165) is 5.56 Å². The summed E-state index contributed by atoms with van der Waals surface area (Å²) >= 11 is 0. The molecule has 3 rings (SSSR count). The highest BCUT2D eigenvalue weighted by molar-refractivity contribution is 5.52. The number of aromatic nitrogens is 2. The minimum Gasteiger partial charge on any atom is -0.493 e. The molecule has 0 amide bonds. The van der Waals surface area contributed by atoms with Crippen LogP contribution in [-0.2, 0) is 6.61 Å². The van der Waals surface area contributed by atoms with E-state index in [-0.39, 0.29) is 6.61 Å². The Bertz CT molecular complexity index is 714. The number of hydrogen-bond donors (Lipinski definition) is 0. The van der Waals surface area contributed by atoms with Crippen molar-refractivity contribution < 1.29 is 23.2 Å². The first-order chi connectivity index (χ1) is 10.8. The van der Waals surface area contributed by atoms with Crippen LogP contribution < -0.4 is 14.2 Å². The van der Waals surface area contributed by atoms with Crippen LogP contribution >= 0.6 is 0 Å². The quantitative estimate of drug-likeness (QED) is 0.692. The van der Waals surface area contributed by atoms with Gasteiger partial charge in [0.05, 0.1) is 26.0 Å². The molecule has 7 nitrogen and oxygen atoms in total. The number of ether oxygens (including phenoxy) is 3. The minimum atomic E-state index is 0.0988. The fourth-order valence-electron chi connectivity index (χ4n) is 1.92. The molecule has 0 N–H and O–H groups in total. The summed E-state index contributed by atoms with van der Waals surface area (Å²) in [5, 5.41) is 3.87. The van der Waals surface area contributed by atoms with Gasteiger partial charge >= 0.3 is 0 Å². The lowest BCUT2D eigenvalue weighted by Gasteiger charge is -2.12. The number of hydrogen-bond acceptors (Lipinski definition) is 7. The topological polar surface area (TPSA) is 79.8 Å². The molecule has 0 aliphatic rings. The second kappa shape index (κ2) is 6.21. The summed E-state index contributed by atoms with van der Waals surface area (Å²) in [5.41, 5.74) is 0.741. The Hall–Kier alpha value is -2.96. The van der Waals surface area contributed by atoms with E-state index >= 15 is 0 Å². The molecule has 1 aromatic carbocycles. The molecular weight excluding hydrogens is 288 g/mol. The molecule has 2 aromatic heterocycles. The Morgan fingerprint density at radius 3 is 2.50 bits per heavy atom. The summed E-state index contributed by atoms with van der Waals surface area (Å²) < 4.78 is 26.3. The van der Waals surface area contributed by atoms with Crippen LogP contribution in [0, 0.1) is 0 Å². The van der Waals surface area contributed by atoms with Crippen molar-refractivity contribution in [3.63, 3.8) is 0 Å². The SMILES string of the molecule is COc1cccc(OC)c1OCc1nc(-c2ccoc2)no1. The number of rotatable bonds is 6. The van der Waals surface area contributed by atoms with Crippen LogP contribution in [0.4, 0.5) is 0 Å². The molecule has 7 heteroatoms. The van der Waals surface area contributed by atoms with Gasteiger partial charge in [-0.3, -0.25) is 0 Å². The third kappa shape index (κ3) is 2.73. The van der Waals surface area contributed by atoms with E-state index < -0.39 is 0 Å². The van der Waals surface area contributed by atoms with E-state index in [1.807, 2.05) is 6.07 Å². The summed E-state index contributed by atoms with van der Waals surface area (Å²) in [6.45, 7) is 0.0988. The van der Waals surface area contributed by atoms with E-state index in [0.29, 0.717) is 29.0 Å². The fraction of sp³-hybridized carbons (Fsp3) is 0.200. The average Bonchev–Trinajstić information content (AvgIpc) is 3.23. The van der Waals surface area contributed by atoms with E-state index in [1.54, 1.807) is 44.9 Å². The Labute approximate surface area is 126 Å². The average molecular weight is 302 g/mol. The van der Waals surface area contributed by atoms with Gasteiger partial charge in [-0.05, 0) is 18.2 Å². The van der Waals surface area contributed by atoms with Gasteiger partial charge in [0.25, 0.3) is 5.89 Å². The number of furan rings is 1. The van der Waals surface area contributed by atoms with Gasteiger partial charge in [0.1, 0.15) is 6.26 Å². The molecule has 114 valence electrons. The van der Waals surface area contributed by atoms with Crippen LogP contribution in [0.3, 0.4) is 0 Å². The lowest BCUT2D eigenvalue weighted by Crippen LogP contribution is -2.00. The summed E-state index contributed by atoms with van der Waals surface area (Å²) in [6, 6.07) is 7.12. The molecule has 0 saturated heterocycles. The van der Waals surface area contributed by atoms with E-state index in [1.165, 1.54) is 0 Å². The van der Waals surface area contributed by atoms with Crippen LogP contribution in [0.2, 0.25) is 0 Å². The summed E-state index contributed by atoms with van der Waals surface area (Å²) in [5.74, 6) is 2.39. The third-order valence-corrected chi connectivity index (χ3v) is 2.97. The van der Waals surface area contributed by atoms with Gasteiger partial charge in [0.15, 0.2) is 18.1 Å². The second-order valence-corrected chi connectivity index (χ2v) is 4.30. The van der Waals surface area contributed by atoms with Gasteiger partial charge in [0.2, 0.25) is 11.6 Å². The molecule has 2 heterocycles. The Morgan fingerprint density at radius 1 is 1.09 bits per heavy atom. The highest BCUT2D eigenvalue weighted by Gasteiger charge is 2.14. The Morgan fingerprint density at radius 2 is 1.86 bits per heavy atom. The molecule has 0 saturated carbocycles. The first kappa shape index (κ1) is 14.0. The van der Waals surface area contributed by atoms with Crippen molar-refractivity contribution in [3.8, 4) is 28.6 Å². The molecule has 22 heavy (non-hydrogen) atoms. The van der Waals surface area contributed by atoms with Crippen molar-refractivity contribution in [1.82, 2.24) is 10.1 Å². The lowest BCUT2D eigenvalue weighted by atomic mass is 10.3. The van der Waals surface area contributed by atoms with Gasteiger partial charge in [-0.25, -0.2) is 0 Å². The molecule has 0 fully saturated rings. The fourth-order valence-corrected chi connectivity index (χ4v) is 1.92. The van der Waals surface area contributed by atoms with Gasteiger partial charge in [-0.15, -0.1) is 0 Å². The van der Waals surface area contributed by atoms with Crippen molar-refractivity contribution in [3.05, 3.63) is 42.7 Å². The second-order valence-electron chi connectivity index (χ2n) is 4.30. The van der Waals surface area contributed by atoms with Gasteiger partial charge in [0, 0.05) is 0 Å². The zero-order valence-electron chi connectivity index (χ0n) is 12.1.